The van der Waals surface area contributed by atoms with E-state index in [4.69, 9.17) is 19.9 Å². The fourth-order valence-corrected chi connectivity index (χ4v) is 4.40. The number of aliphatic hydroxyl groups is 8. The molecule has 0 aromatic heterocycles. The SMILES string of the molecule is CC(=O)N[C@H]1[C@H]([C@H](O)[C@H](O)CO)O[C@](OC(=O)[C@]2(O)C[C@H](O)[C@@H](N)[C@H]([C@H](O)[C@H](O)COC(C)=O)O2)(C(=O)O)C[C@@H]1O. The summed E-state index contributed by atoms with van der Waals surface area (Å²) in [6, 6.07) is -3.12. The number of ether oxygens (including phenoxy) is 4. The lowest BCUT2D eigenvalue weighted by Crippen LogP contribution is -2.70. The van der Waals surface area contributed by atoms with Crippen LogP contribution in [-0.4, -0.2) is 155 Å². The lowest BCUT2D eigenvalue weighted by molar-refractivity contribution is -0.331. The number of esters is 2. The number of carboxylic acid groups (broad SMARTS) is 1. The number of hydrogen-bond acceptors (Lipinski definition) is 17. The van der Waals surface area contributed by atoms with E-state index in [9.17, 15) is 65.1 Å². The van der Waals surface area contributed by atoms with Gasteiger partial charge in [0, 0.05) is 20.3 Å². The summed E-state index contributed by atoms with van der Waals surface area (Å²) in [5, 5.41) is 94.2. The predicted octanol–water partition coefficient (Wildman–Crippen LogP) is -6.87. The summed E-state index contributed by atoms with van der Waals surface area (Å²) in [7, 11) is 0. The third-order valence-electron chi connectivity index (χ3n) is 6.59. The van der Waals surface area contributed by atoms with Crippen LogP contribution in [0, 0.1) is 0 Å². The minimum Gasteiger partial charge on any atom is -0.476 e. The number of nitrogens with one attached hydrogen (secondary N) is 1. The van der Waals surface area contributed by atoms with Crippen LogP contribution in [0.15, 0.2) is 0 Å². The van der Waals surface area contributed by atoms with Crippen molar-refractivity contribution >= 4 is 23.8 Å². The lowest BCUT2D eigenvalue weighted by Gasteiger charge is -2.48. The zero-order valence-corrected chi connectivity index (χ0v) is 22.0. The van der Waals surface area contributed by atoms with Gasteiger partial charge in [-0.15, -0.1) is 0 Å². The molecule has 41 heavy (non-hydrogen) atoms. The zero-order valence-electron chi connectivity index (χ0n) is 22.0. The van der Waals surface area contributed by atoms with Gasteiger partial charge >= 0.3 is 23.7 Å². The van der Waals surface area contributed by atoms with Gasteiger partial charge in [0.1, 0.15) is 43.2 Å². The molecule has 19 heteroatoms. The second-order valence-corrected chi connectivity index (χ2v) is 9.84. The van der Waals surface area contributed by atoms with Crippen molar-refractivity contribution in [3.05, 3.63) is 0 Å². The molecule has 19 nitrogen and oxygen atoms in total. The van der Waals surface area contributed by atoms with Gasteiger partial charge < -0.3 is 76.0 Å². The Morgan fingerprint density at radius 2 is 1.56 bits per heavy atom. The summed E-state index contributed by atoms with van der Waals surface area (Å²) in [6.45, 7) is 0.185. The predicted molar refractivity (Wildman–Crippen MR) is 126 cm³/mol. The number of carbonyl (C=O) groups is 4. The van der Waals surface area contributed by atoms with Crippen LogP contribution in [0.5, 0.6) is 0 Å². The van der Waals surface area contributed by atoms with Gasteiger partial charge in [-0.25, -0.2) is 9.59 Å². The topological polar surface area (TPSA) is 325 Å². The Morgan fingerprint density at radius 3 is 2.07 bits per heavy atom. The summed E-state index contributed by atoms with van der Waals surface area (Å²) in [5.74, 6) is -12.1. The number of carbonyl (C=O) groups excluding carboxylic acids is 3. The fraction of sp³-hybridized carbons (Fsp3) is 0.818. The highest BCUT2D eigenvalue weighted by Crippen LogP contribution is 2.37. The molecule has 236 valence electrons. The normalized spacial score (nSPS) is 36.8. The van der Waals surface area contributed by atoms with Crippen LogP contribution in [-0.2, 0) is 38.1 Å². The second kappa shape index (κ2) is 13.6. The van der Waals surface area contributed by atoms with Crippen molar-refractivity contribution in [2.24, 2.45) is 5.73 Å². The van der Waals surface area contributed by atoms with Crippen LogP contribution in [0.25, 0.3) is 0 Å². The van der Waals surface area contributed by atoms with Crippen LogP contribution < -0.4 is 11.1 Å². The Bertz CT molecular complexity index is 968. The minimum atomic E-state index is -3.24. The lowest BCUT2D eigenvalue weighted by atomic mass is 9.88. The quantitative estimate of drug-likeness (QED) is 0.0981. The fourth-order valence-electron chi connectivity index (χ4n) is 4.40. The number of aliphatic hydroxyl groups excluding tert-OH is 7. The number of aliphatic carboxylic acids is 1. The van der Waals surface area contributed by atoms with E-state index in [0.29, 0.717) is 0 Å². The summed E-state index contributed by atoms with van der Waals surface area (Å²) in [5.41, 5.74) is 5.79. The maximum absolute atomic E-state index is 13.1. The zero-order chi connectivity index (χ0) is 31.4. The maximum Gasteiger partial charge on any atom is 0.377 e. The van der Waals surface area contributed by atoms with E-state index in [2.05, 4.69) is 10.1 Å². The molecule has 1 amide bonds. The molecule has 12 atom stereocenters. The summed E-state index contributed by atoms with van der Waals surface area (Å²) in [4.78, 5) is 48.0. The van der Waals surface area contributed by atoms with Gasteiger partial charge in [0.2, 0.25) is 5.91 Å². The van der Waals surface area contributed by atoms with Crippen LogP contribution in [0.2, 0.25) is 0 Å². The van der Waals surface area contributed by atoms with Gasteiger partial charge in [0.05, 0.1) is 37.3 Å². The van der Waals surface area contributed by atoms with Crippen molar-refractivity contribution in [2.45, 2.75) is 99.2 Å². The van der Waals surface area contributed by atoms with E-state index in [1.165, 1.54) is 0 Å². The highest BCUT2D eigenvalue weighted by Gasteiger charge is 2.61. The molecule has 0 radical (unpaired) electrons. The number of hydrogen-bond donors (Lipinski definition) is 11. The number of rotatable bonds is 11. The highest BCUT2D eigenvalue weighted by atomic mass is 16.8. The van der Waals surface area contributed by atoms with Crippen molar-refractivity contribution in [1.82, 2.24) is 5.32 Å². The van der Waals surface area contributed by atoms with Crippen molar-refractivity contribution in [2.75, 3.05) is 13.2 Å². The van der Waals surface area contributed by atoms with Crippen LogP contribution >= 0.6 is 0 Å². The van der Waals surface area contributed by atoms with Gasteiger partial charge in [-0.05, 0) is 0 Å². The Labute approximate surface area is 232 Å². The molecule has 0 aromatic rings. The number of nitrogens with two attached hydrogens (primary N) is 1. The summed E-state index contributed by atoms with van der Waals surface area (Å²) in [6.07, 6.45) is -17.9. The van der Waals surface area contributed by atoms with Gasteiger partial charge in [-0.1, -0.05) is 0 Å². The molecule has 0 bridgehead atoms. The van der Waals surface area contributed by atoms with E-state index >= 15 is 0 Å². The average Bonchev–Trinajstić information content (AvgIpc) is 2.88. The van der Waals surface area contributed by atoms with Gasteiger partial charge in [0.25, 0.3) is 5.79 Å². The van der Waals surface area contributed by atoms with E-state index in [1.807, 2.05) is 0 Å². The van der Waals surface area contributed by atoms with Crippen molar-refractivity contribution in [3.63, 3.8) is 0 Å². The first-order valence-corrected chi connectivity index (χ1v) is 12.3. The molecule has 0 spiro atoms. The molecule has 0 unspecified atom stereocenters. The second-order valence-electron chi connectivity index (χ2n) is 9.84. The molecular formula is C22H36N2O17. The average molecular weight is 601 g/mol. The smallest absolute Gasteiger partial charge is 0.377 e. The Kier molecular flexibility index (Phi) is 11.5. The molecule has 0 saturated carbocycles. The van der Waals surface area contributed by atoms with Gasteiger partial charge in [-0.2, -0.15) is 0 Å². The molecule has 2 saturated heterocycles. The molecule has 0 aliphatic carbocycles. The first-order chi connectivity index (χ1) is 18.9. The highest BCUT2D eigenvalue weighted by molar-refractivity contribution is 5.84. The molecule has 2 aliphatic heterocycles. The van der Waals surface area contributed by atoms with Gasteiger partial charge in [0.15, 0.2) is 0 Å². The molecule has 2 fully saturated rings. The van der Waals surface area contributed by atoms with Crippen LogP contribution in [0.3, 0.4) is 0 Å². The molecular weight excluding hydrogens is 564 g/mol. The molecule has 2 heterocycles. The van der Waals surface area contributed by atoms with E-state index < -0.39 is 122 Å². The Hall–Kier alpha value is -2.56. The number of amides is 1. The van der Waals surface area contributed by atoms with Gasteiger partial charge in [-0.3, -0.25) is 9.59 Å². The Morgan fingerprint density at radius 1 is 0.976 bits per heavy atom. The standard InChI is InChI=1S/C22H36N2O17/c1-7(26)24-14-10(29)4-22(19(34)35,40-18(14)15(32)11(30)5-25)41-20(36)21(37)3-9(28)13(23)17(39-21)16(33)12(31)6-38-8(2)27/h9-18,25,28-33,37H,3-6,23H2,1-2H3,(H,24,26)(H,34,35)/t9-,10-,11+,12+,13+,14+,15+,16+,17+,18+,21-,22+/m0/s1. The van der Waals surface area contributed by atoms with Crippen molar-refractivity contribution in [1.29, 1.82) is 0 Å². The van der Waals surface area contributed by atoms with Crippen molar-refractivity contribution in [3.8, 4) is 0 Å². The third-order valence-corrected chi connectivity index (χ3v) is 6.59. The first-order valence-electron chi connectivity index (χ1n) is 12.3. The third kappa shape index (κ3) is 7.84. The maximum atomic E-state index is 13.1. The van der Waals surface area contributed by atoms with E-state index in [0.717, 1.165) is 13.8 Å². The van der Waals surface area contributed by atoms with E-state index in [-0.39, 0.29) is 0 Å². The van der Waals surface area contributed by atoms with Crippen LogP contribution in [0.1, 0.15) is 26.7 Å². The van der Waals surface area contributed by atoms with E-state index in [1.54, 1.807) is 0 Å². The molecule has 2 aliphatic rings. The largest absolute Gasteiger partial charge is 0.476 e. The molecule has 2 rings (SSSR count). The number of carboxylic acids is 1. The molecule has 0 aromatic carbocycles. The minimum absolute atomic E-state index is 0.769. The summed E-state index contributed by atoms with van der Waals surface area (Å²) < 4.78 is 19.9. The van der Waals surface area contributed by atoms with Crippen molar-refractivity contribution < 1.29 is 84.1 Å². The summed E-state index contributed by atoms with van der Waals surface area (Å²) >= 11 is 0. The molecule has 12 N–H and O–H groups in total. The Balaban J connectivity index is 2.38. The first kappa shape index (κ1) is 34.6. The monoisotopic (exact) mass is 600 g/mol. The van der Waals surface area contributed by atoms with Crippen LogP contribution in [0.4, 0.5) is 0 Å².